The van der Waals surface area contributed by atoms with Crippen LogP contribution in [-0.2, 0) is 0 Å². The Hall–Kier alpha value is -1.68. The largest absolute Gasteiger partial charge is 0.336 e. The number of rotatable bonds is 7. The molecule has 3 fully saturated rings. The van der Waals surface area contributed by atoms with Crippen LogP contribution in [0.25, 0.3) is 0 Å². The number of benzene rings is 1. The van der Waals surface area contributed by atoms with Gasteiger partial charge in [-0.05, 0) is 62.7 Å². The van der Waals surface area contributed by atoms with Crippen LogP contribution in [0.15, 0.2) is 29.2 Å². The number of amides is 2. The molecule has 1 unspecified atom stereocenters. The summed E-state index contributed by atoms with van der Waals surface area (Å²) in [7, 11) is 2.10. The number of nitrogens with one attached hydrogen (secondary N) is 2. The molecule has 2 N–H and O–H groups in total. The molecule has 5 nitrogen and oxygen atoms in total. The highest BCUT2D eigenvalue weighted by molar-refractivity contribution is 7.98. The van der Waals surface area contributed by atoms with Gasteiger partial charge in [0.2, 0.25) is 0 Å². The van der Waals surface area contributed by atoms with Crippen LogP contribution in [0.2, 0.25) is 0 Å². The summed E-state index contributed by atoms with van der Waals surface area (Å²) >= 11 is 1.67. The van der Waals surface area contributed by atoms with Gasteiger partial charge in [0.05, 0.1) is 6.54 Å². The number of carbonyl (C=O) groups is 1. The highest BCUT2D eigenvalue weighted by Gasteiger charge is 2.40. The number of piperidine rings is 3. The second-order valence-electron chi connectivity index (χ2n) is 7.66. The molecule has 0 saturated carbocycles. The summed E-state index contributed by atoms with van der Waals surface area (Å²) in [6.45, 7) is 4.74. The Morgan fingerprint density at radius 2 is 2.33 bits per heavy atom. The van der Waals surface area contributed by atoms with Crippen LogP contribution in [0.3, 0.4) is 0 Å². The lowest BCUT2D eigenvalue weighted by molar-refractivity contribution is -0.00692. The lowest BCUT2D eigenvalue weighted by Gasteiger charge is -2.50. The van der Waals surface area contributed by atoms with Crippen molar-refractivity contribution >= 4 is 23.5 Å². The maximum atomic E-state index is 12.3. The molecule has 4 atom stereocenters. The molecule has 3 aliphatic heterocycles. The van der Waals surface area contributed by atoms with Crippen LogP contribution < -0.4 is 10.6 Å². The molecule has 2 bridgehead atoms. The van der Waals surface area contributed by atoms with Crippen molar-refractivity contribution in [3.05, 3.63) is 24.3 Å². The van der Waals surface area contributed by atoms with E-state index in [9.17, 15) is 4.79 Å². The molecule has 1 aromatic rings. The number of nitrogens with zero attached hydrogens (tertiary/aromatic N) is 2. The van der Waals surface area contributed by atoms with Gasteiger partial charge in [-0.25, -0.2) is 4.79 Å². The Morgan fingerprint density at radius 3 is 3.04 bits per heavy atom. The van der Waals surface area contributed by atoms with Crippen molar-refractivity contribution in [3.8, 4) is 12.3 Å². The third-order valence-corrected chi connectivity index (χ3v) is 6.47. The summed E-state index contributed by atoms with van der Waals surface area (Å²) in [5.41, 5.74) is 0.835. The van der Waals surface area contributed by atoms with Crippen LogP contribution in [0.4, 0.5) is 10.5 Å². The van der Waals surface area contributed by atoms with E-state index in [0.717, 1.165) is 42.6 Å². The minimum absolute atomic E-state index is 0.124. The second kappa shape index (κ2) is 9.50. The standard InChI is InChI=1S/C21H30N4OS/c1-4-9-24(2)14-17-15-25-10-8-16(17)11-19(25)13-22-21(26)23-18-6-5-7-20(12-18)27-3/h1,5-7,12,16-17,19H,8-11,13-15H2,2-3H3,(H2,22,23,26)/t16-,17+,19+/m0/s1. The lowest BCUT2D eigenvalue weighted by Crippen LogP contribution is -2.58. The Morgan fingerprint density at radius 1 is 1.48 bits per heavy atom. The SMILES string of the molecule is C#CCN(C)C[C@@H]1CN2CC[C@H]1C[C@@H]2CNC(=O)Nc1cccc(SC)c1. The Balaban J connectivity index is 1.45. The van der Waals surface area contributed by atoms with Crippen LogP contribution in [-0.4, -0.2) is 67.9 Å². The van der Waals surface area contributed by atoms with Gasteiger partial charge >= 0.3 is 6.03 Å². The maximum Gasteiger partial charge on any atom is 0.319 e. The quantitative estimate of drug-likeness (QED) is 0.559. The average Bonchev–Trinajstić information content (AvgIpc) is 2.67. The molecule has 4 rings (SSSR count). The Labute approximate surface area is 167 Å². The van der Waals surface area contributed by atoms with E-state index in [1.54, 1.807) is 11.8 Å². The number of terminal acetylenes is 1. The van der Waals surface area contributed by atoms with Crippen molar-refractivity contribution in [3.63, 3.8) is 0 Å². The fraction of sp³-hybridized carbons (Fsp3) is 0.571. The number of hydrogen-bond acceptors (Lipinski definition) is 4. The van der Waals surface area contributed by atoms with E-state index < -0.39 is 0 Å². The minimum Gasteiger partial charge on any atom is -0.336 e. The van der Waals surface area contributed by atoms with E-state index in [0.29, 0.717) is 25.0 Å². The van der Waals surface area contributed by atoms with Crippen molar-refractivity contribution in [1.29, 1.82) is 0 Å². The monoisotopic (exact) mass is 386 g/mol. The van der Waals surface area contributed by atoms with E-state index in [4.69, 9.17) is 6.42 Å². The third kappa shape index (κ3) is 5.41. The molecule has 0 radical (unpaired) electrons. The van der Waals surface area contributed by atoms with Gasteiger partial charge < -0.3 is 10.6 Å². The number of anilines is 1. The highest BCUT2D eigenvalue weighted by atomic mass is 32.2. The predicted octanol–water partition coefficient (Wildman–Crippen LogP) is 2.81. The van der Waals surface area contributed by atoms with Crippen molar-refractivity contribution < 1.29 is 4.79 Å². The molecule has 3 heterocycles. The average molecular weight is 387 g/mol. The molecule has 2 amide bonds. The summed E-state index contributed by atoms with van der Waals surface area (Å²) in [6, 6.07) is 8.24. The van der Waals surface area contributed by atoms with E-state index >= 15 is 0 Å². The molecule has 0 aromatic heterocycles. The minimum atomic E-state index is -0.124. The molecule has 3 saturated heterocycles. The number of fused-ring (bicyclic) bond motifs is 3. The topological polar surface area (TPSA) is 47.6 Å². The van der Waals surface area contributed by atoms with Gasteiger partial charge in [0, 0.05) is 36.3 Å². The van der Waals surface area contributed by atoms with Crippen molar-refractivity contribution in [1.82, 2.24) is 15.1 Å². The molecule has 3 aliphatic rings. The summed E-state index contributed by atoms with van der Waals surface area (Å²) in [4.78, 5) is 18.2. The molecular weight excluding hydrogens is 356 g/mol. The van der Waals surface area contributed by atoms with Gasteiger partial charge in [0.1, 0.15) is 0 Å². The zero-order valence-electron chi connectivity index (χ0n) is 16.3. The van der Waals surface area contributed by atoms with Crippen molar-refractivity contribution in [2.75, 3.05) is 51.3 Å². The van der Waals surface area contributed by atoms with Gasteiger partial charge in [0.15, 0.2) is 0 Å². The predicted molar refractivity (Wildman–Crippen MR) is 113 cm³/mol. The highest BCUT2D eigenvalue weighted by Crippen LogP contribution is 2.36. The summed E-state index contributed by atoms with van der Waals surface area (Å²) in [5, 5.41) is 6.01. The van der Waals surface area contributed by atoms with Crippen LogP contribution >= 0.6 is 11.8 Å². The maximum absolute atomic E-state index is 12.3. The first-order chi connectivity index (χ1) is 13.1. The number of carbonyl (C=O) groups excluding carboxylic acids is 1. The smallest absolute Gasteiger partial charge is 0.319 e. The van der Waals surface area contributed by atoms with E-state index in [1.807, 2.05) is 30.5 Å². The molecule has 27 heavy (non-hydrogen) atoms. The van der Waals surface area contributed by atoms with E-state index in [1.165, 1.54) is 6.42 Å². The summed E-state index contributed by atoms with van der Waals surface area (Å²) < 4.78 is 0. The van der Waals surface area contributed by atoms with Gasteiger partial charge in [-0.15, -0.1) is 18.2 Å². The van der Waals surface area contributed by atoms with Crippen molar-refractivity contribution in [2.24, 2.45) is 11.8 Å². The summed E-state index contributed by atoms with van der Waals surface area (Å²) in [6.07, 6.45) is 9.88. The van der Waals surface area contributed by atoms with E-state index in [2.05, 4.69) is 33.4 Å². The van der Waals surface area contributed by atoms with Gasteiger partial charge in [-0.1, -0.05) is 12.0 Å². The lowest BCUT2D eigenvalue weighted by atomic mass is 9.75. The molecule has 1 aromatic carbocycles. The molecule has 0 aliphatic carbocycles. The zero-order chi connectivity index (χ0) is 19.2. The number of urea groups is 1. The Bertz CT molecular complexity index is 689. The first-order valence-electron chi connectivity index (χ1n) is 9.64. The first kappa shape index (κ1) is 20.1. The van der Waals surface area contributed by atoms with E-state index in [-0.39, 0.29) is 6.03 Å². The summed E-state index contributed by atoms with van der Waals surface area (Å²) in [5.74, 6) is 4.16. The number of thioether (sulfide) groups is 1. The zero-order valence-corrected chi connectivity index (χ0v) is 17.1. The van der Waals surface area contributed by atoms with Gasteiger partial charge in [-0.2, -0.15) is 0 Å². The number of hydrogen-bond donors (Lipinski definition) is 2. The molecule has 146 valence electrons. The third-order valence-electron chi connectivity index (χ3n) is 5.75. The first-order valence-corrected chi connectivity index (χ1v) is 10.9. The van der Waals surface area contributed by atoms with Crippen molar-refractivity contribution in [2.45, 2.75) is 23.8 Å². The van der Waals surface area contributed by atoms with Crippen LogP contribution in [0, 0.1) is 24.2 Å². The van der Waals surface area contributed by atoms with Crippen LogP contribution in [0.1, 0.15) is 12.8 Å². The van der Waals surface area contributed by atoms with Gasteiger partial charge in [-0.3, -0.25) is 9.80 Å². The normalized spacial score (nSPS) is 26.6. The Kier molecular flexibility index (Phi) is 7.06. The molecular formula is C21H30N4OS. The van der Waals surface area contributed by atoms with Crippen LogP contribution in [0.5, 0.6) is 0 Å². The van der Waals surface area contributed by atoms with Gasteiger partial charge in [0.25, 0.3) is 0 Å². The molecule has 6 heteroatoms. The second-order valence-corrected chi connectivity index (χ2v) is 8.54. The molecule has 0 spiro atoms. The fourth-order valence-corrected chi connectivity index (χ4v) is 4.84. The fourth-order valence-electron chi connectivity index (χ4n) is 4.38.